The summed E-state index contributed by atoms with van der Waals surface area (Å²) in [5.74, 6) is 0. The zero-order chi connectivity index (χ0) is 15.8. The number of aromatic nitrogens is 2. The second-order valence-electron chi connectivity index (χ2n) is 5.16. The van der Waals surface area contributed by atoms with Crippen LogP contribution in [0, 0.1) is 0 Å². The van der Waals surface area contributed by atoms with Crippen LogP contribution >= 0.6 is 0 Å². The molecular weight excluding hydrogens is 355 g/mol. The van der Waals surface area contributed by atoms with Crippen LogP contribution in [0.4, 0.5) is 0 Å². The van der Waals surface area contributed by atoms with Crippen LogP contribution in [0.2, 0.25) is 0 Å². The third kappa shape index (κ3) is 2.40. The van der Waals surface area contributed by atoms with Gasteiger partial charge in [0.25, 0.3) is 0 Å². The third-order valence-electron chi connectivity index (χ3n) is 3.73. The van der Waals surface area contributed by atoms with E-state index in [1.54, 1.807) is 24.5 Å². The Morgan fingerprint density at radius 2 is 1.09 bits per heavy atom. The summed E-state index contributed by atoms with van der Waals surface area (Å²) in [5, 5.41) is 1.31. The van der Waals surface area contributed by atoms with E-state index in [9.17, 15) is 9.59 Å². The first kappa shape index (κ1) is 14.0. The van der Waals surface area contributed by atoms with Crippen molar-refractivity contribution in [3.63, 3.8) is 0 Å². The summed E-state index contributed by atoms with van der Waals surface area (Å²) < 4.78 is 1.30. The molecule has 0 fully saturated rings. The van der Waals surface area contributed by atoms with Crippen molar-refractivity contribution in [3.05, 3.63) is 81.4 Å². The first-order chi connectivity index (χ1) is 11.2. The van der Waals surface area contributed by atoms with Gasteiger partial charge in [0.05, 0.1) is 0 Å². The SMILES string of the molecule is O=c1c([Se]c2c[nH]c3ccccc3c2=O)c[nH]c2ccccc12. The number of pyridine rings is 2. The van der Waals surface area contributed by atoms with Gasteiger partial charge in [0, 0.05) is 0 Å². The van der Waals surface area contributed by atoms with Crippen LogP contribution < -0.4 is 19.8 Å². The Hall–Kier alpha value is -2.62. The number of rotatable bonds is 2. The van der Waals surface area contributed by atoms with E-state index in [4.69, 9.17) is 0 Å². The Labute approximate surface area is 137 Å². The molecule has 4 nitrogen and oxygen atoms in total. The van der Waals surface area contributed by atoms with E-state index in [0.717, 1.165) is 11.0 Å². The summed E-state index contributed by atoms with van der Waals surface area (Å²) in [5.41, 5.74) is 1.60. The fourth-order valence-corrected chi connectivity index (χ4v) is 4.41. The zero-order valence-corrected chi connectivity index (χ0v) is 13.7. The minimum atomic E-state index is -0.352. The van der Waals surface area contributed by atoms with Crippen LogP contribution in [-0.4, -0.2) is 24.9 Å². The number of aromatic amines is 2. The maximum absolute atomic E-state index is 12.6. The third-order valence-corrected chi connectivity index (χ3v) is 5.92. The van der Waals surface area contributed by atoms with E-state index < -0.39 is 0 Å². The molecule has 2 heterocycles. The van der Waals surface area contributed by atoms with Gasteiger partial charge in [-0.25, -0.2) is 0 Å². The molecule has 23 heavy (non-hydrogen) atoms. The van der Waals surface area contributed by atoms with Crippen molar-refractivity contribution in [3.8, 4) is 0 Å². The summed E-state index contributed by atoms with van der Waals surface area (Å²) in [4.78, 5) is 31.5. The number of para-hydroxylation sites is 2. The topological polar surface area (TPSA) is 65.7 Å². The van der Waals surface area contributed by atoms with Crippen LogP contribution in [0.3, 0.4) is 0 Å². The summed E-state index contributed by atoms with van der Waals surface area (Å²) in [6.07, 6.45) is 3.44. The molecule has 2 aromatic carbocycles. The fraction of sp³-hybridized carbons (Fsp3) is 0. The minimum absolute atomic E-state index is 0.00749. The van der Waals surface area contributed by atoms with Crippen molar-refractivity contribution in [1.29, 1.82) is 0 Å². The van der Waals surface area contributed by atoms with Gasteiger partial charge in [-0.1, -0.05) is 0 Å². The molecule has 2 aromatic heterocycles. The molecule has 0 aliphatic rings. The first-order valence-corrected chi connectivity index (χ1v) is 8.84. The van der Waals surface area contributed by atoms with Crippen LogP contribution in [0.5, 0.6) is 0 Å². The molecule has 2 N–H and O–H groups in total. The molecule has 0 radical (unpaired) electrons. The van der Waals surface area contributed by atoms with Crippen molar-refractivity contribution in [1.82, 2.24) is 9.97 Å². The van der Waals surface area contributed by atoms with Crippen molar-refractivity contribution in [2.24, 2.45) is 0 Å². The van der Waals surface area contributed by atoms with Gasteiger partial charge in [-0.2, -0.15) is 0 Å². The van der Waals surface area contributed by atoms with Gasteiger partial charge < -0.3 is 0 Å². The van der Waals surface area contributed by atoms with E-state index in [1.807, 2.05) is 36.4 Å². The van der Waals surface area contributed by atoms with E-state index in [2.05, 4.69) is 9.97 Å². The summed E-state index contributed by atoms with van der Waals surface area (Å²) in [6.45, 7) is 0. The standard InChI is InChI=1S/C18H12N2O2Se/c21-17-11-5-1-3-7-13(11)19-9-15(17)23-16-10-20-14-8-4-2-6-12(14)18(16)22/h1-10H,(H,19,21)(H,20,22). The molecule has 0 saturated carbocycles. The molecule has 4 rings (SSSR count). The Morgan fingerprint density at radius 1 is 0.652 bits per heavy atom. The Morgan fingerprint density at radius 3 is 1.57 bits per heavy atom. The van der Waals surface area contributed by atoms with Crippen LogP contribution in [-0.2, 0) is 0 Å². The average molecular weight is 367 g/mol. The van der Waals surface area contributed by atoms with Crippen LogP contribution in [0.15, 0.2) is 70.5 Å². The Balaban J connectivity index is 1.85. The molecule has 0 unspecified atom stereocenters. The number of benzene rings is 2. The number of fused-ring (bicyclic) bond motifs is 2. The van der Waals surface area contributed by atoms with Crippen molar-refractivity contribution in [2.45, 2.75) is 0 Å². The predicted octanol–water partition coefficient (Wildman–Crippen LogP) is 1.02. The monoisotopic (exact) mass is 368 g/mol. The van der Waals surface area contributed by atoms with Gasteiger partial charge in [0.15, 0.2) is 0 Å². The molecule has 0 amide bonds. The van der Waals surface area contributed by atoms with E-state index >= 15 is 0 Å². The Bertz CT molecular complexity index is 1050. The number of hydrogen-bond donors (Lipinski definition) is 2. The van der Waals surface area contributed by atoms with Crippen LogP contribution in [0.25, 0.3) is 21.8 Å². The van der Waals surface area contributed by atoms with Gasteiger partial charge in [0.2, 0.25) is 0 Å². The van der Waals surface area contributed by atoms with Gasteiger partial charge in [-0.3, -0.25) is 0 Å². The fourth-order valence-electron chi connectivity index (χ4n) is 2.57. The van der Waals surface area contributed by atoms with E-state index in [0.29, 0.717) is 19.7 Å². The summed E-state index contributed by atoms with van der Waals surface area (Å²) >= 11 is -0.352. The van der Waals surface area contributed by atoms with E-state index in [1.165, 1.54) is 0 Å². The summed E-state index contributed by atoms with van der Waals surface area (Å²) in [6, 6.07) is 14.8. The number of hydrogen-bond acceptors (Lipinski definition) is 2. The molecule has 112 valence electrons. The number of nitrogens with one attached hydrogen (secondary N) is 2. The van der Waals surface area contributed by atoms with Gasteiger partial charge >= 0.3 is 137 Å². The molecule has 0 saturated heterocycles. The molecule has 5 heteroatoms. The molecule has 0 aliphatic carbocycles. The quantitative estimate of drug-likeness (QED) is 0.520. The summed E-state index contributed by atoms with van der Waals surface area (Å²) in [7, 11) is 0. The molecular formula is C18H12N2O2Se. The normalized spacial score (nSPS) is 11.1. The molecule has 0 spiro atoms. The maximum atomic E-state index is 12.6. The molecule has 4 aromatic rings. The predicted molar refractivity (Wildman–Crippen MR) is 94.2 cm³/mol. The molecule has 0 bridgehead atoms. The van der Waals surface area contributed by atoms with Crippen molar-refractivity contribution >= 4 is 45.7 Å². The second kappa shape index (κ2) is 5.54. The average Bonchev–Trinajstić information content (AvgIpc) is 2.60. The van der Waals surface area contributed by atoms with Gasteiger partial charge in [-0.05, 0) is 0 Å². The molecule has 0 atom stereocenters. The van der Waals surface area contributed by atoms with Crippen molar-refractivity contribution in [2.75, 3.05) is 0 Å². The first-order valence-electron chi connectivity index (χ1n) is 7.13. The second-order valence-corrected chi connectivity index (χ2v) is 7.43. The van der Waals surface area contributed by atoms with Crippen LogP contribution in [0.1, 0.15) is 0 Å². The molecule has 0 aliphatic heterocycles. The number of H-pyrrole nitrogens is 2. The van der Waals surface area contributed by atoms with Crippen molar-refractivity contribution < 1.29 is 0 Å². The van der Waals surface area contributed by atoms with Gasteiger partial charge in [0.1, 0.15) is 0 Å². The Kier molecular flexibility index (Phi) is 3.37. The van der Waals surface area contributed by atoms with E-state index in [-0.39, 0.29) is 25.8 Å². The van der Waals surface area contributed by atoms with Gasteiger partial charge in [-0.15, -0.1) is 0 Å². The zero-order valence-electron chi connectivity index (χ0n) is 12.0.